The van der Waals surface area contributed by atoms with Gasteiger partial charge in [0.25, 0.3) is 0 Å². The molecule has 0 saturated carbocycles. The van der Waals surface area contributed by atoms with Crippen LogP contribution in [0.15, 0.2) is 42.6 Å². The van der Waals surface area contributed by atoms with Gasteiger partial charge < -0.3 is 19.8 Å². The molecule has 3 aromatic rings. The molecule has 1 heterocycles. The van der Waals surface area contributed by atoms with Crippen LogP contribution in [0.5, 0.6) is 11.5 Å². The van der Waals surface area contributed by atoms with Gasteiger partial charge in [0.2, 0.25) is 5.91 Å². The van der Waals surface area contributed by atoms with Crippen LogP contribution in [0, 0.1) is 0 Å². The number of para-hydroxylation sites is 1. The fourth-order valence-corrected chi connectivity index (χ4v) is 3.94. The number of carbonyl (C=O) groups excluding carboxylic acids is 1. The van der Waals surface area contributed by atoms with Gasteiger partial charge in [0.15, 0.2) is 0 Å². The molecular weight excluding hydrogens is 376 g/mol. The third-order valence-corrected chi connectivity index (χ3v) is 5.82. The number of ether oxygens (including phenoxy) is 2. The zero-order valence-electron chi connectivity index (χ0n) is 18.5. The average molecular weight is 409 g/mol. The molecule has 0 unspecified atom stereocenters. The number of rotatable bonds is 9. The van der Waals surface area contributed by atoms with Crippen LogP contribution >= 0.6 is 0 Å². The summed E-state index contributed by atoms with van der Waals surface area (Å²) in [4.78, 5) is 16.3. The van der Waals surface area contributed by atoms with E-state index in [9.17, 15) is 4.79 Å². The minimum atomic E-state index is -0.143. The number of H-pyrrole nitrogens is 1. The van der Waals surface area contributed by atoms with Gasteiger partial charge in [-0.3, -0.25) is 4.79 Å². The molecule has 5 heteroatoms. The summed E-state index contributed by atoms with van der Waals surface area (Å²) in [7, 11) is 3.29. The fraction of sp³-hybridized carbons (Fsp3) is 0.400. The third kappa shape index (κ3) is 4.45. The number of methoxy groups -OCH3 is 2. The molecule has 1 amide bonds. The molecule has 1 aromatic heterocycles. The van der Waals surface area contributed by atoms with Gasteiger partial charge in [-0.25, -0.2) is 0 Å². The second-order valence-electron chi connectivity index (χ2n) is 7.68. The summed E-state index contributed by atoms with van der Waals surface area (Å²) in [5, 5.41) is 4.25. The van der Waals surface area contributed by atoms with E-state index >= 15 is 0 Å². The lowest BCUT2D eigenvalue weighted by molar-refractivity contribution is -0.121. The molecule has 0 aliphatic carbocycles. The number of benzene rings is 2. The molecule has 0 aliphatic heterocycles. The predicted molar refractivity (Wildman–Crippen MR) is 122 cm³/mol. The minimum Gasteiger partial charge on any atom is -0.497 e. The van der Waals surface area contributed by atoms with Gasteiger partial charge in [-0.2, -0.15) is 0 Å². The summed E-state index contributed by atoms with van der Waals surface area (Å²) >= 11 is 0. The van der Waals surface area contributed by atoms with Crippen molar-refractivity contribution in [1.82, 2.24) is 10.3 Å². The molecule has 3 rings (SSSR count). The van der Waals surface area contributed by atoms with Crippen molar-refractivity contribution in [3.05, 3.63) is 59.3 Å². The first-order valence-corrected chi connectivity index (χ1v) is 10.6. The third-order valence-electron chi connectivity index (χ3n) is 5.82. The molecule has 5 nitrogen and oxygen atoms in total. The number of carbonyl (C=O) groups is 1. The van der Waals surface area contributed by atoms with E-state index in [-0.39, 0.29) is 17.9 Å². The van der Waals surface area contributed by atoms with Crippen molar-refractivity contribution in [3.63, 3.8) is 0 Å². The largest absolute Gasteiger partial charge is 0.497 e. The highest BCUT2D eigenvalue weighted by atomic mass is 16.5. The van der Waals surface area contributed by atoms with E-state index in [1.165, 1.54) is 5.56 Å². The van der Waals surface area contributed by atoms with Crippen molar-refractivity contribution in [3.8, 4) is 11.5 Å². The van der Waals surface area contributed by atoms with Gasteiger partial charge in [-0.05, 0) is 37.0 Å². The fourth-order valence-electron chi connectivity index (χ4n) is 3.94. The molecular formula is C25H32N2O3. The maximum absolute atomic E-state index is 12.9. The van der Waals surface area contributed by atoms with Crippen molar-refractivity contribution in [2.75, 3.05) is 14.2 Å². The zero-order chi connectivity index (χ0) is 21.7. The van der Waals surface area contributed by atoms with Crippen LogP contribution in [0.2, 0.25) is 0 Å². The van der Waals surface area contributed by atoms with Gasteiger partial charge in [0.1, 0.15) is 11.5 Å². The van der Waals surface area contributed by atoms with Gasteiger partial charge in [-0.15, -0.1) is 0 Å². The van der Waals surface area contributed by atoms with Crippen LogP contribution in [0.3, 0.4) is 0 Å². The summed E-state index contributed by atoms with van der Waals surface area (Å²) in [6, 6.07) is 12.3. The Hall–Kier alpha value is -2.95. The normalized spacial score (nSPS) is 13.1. The summed E-state index contributed by atoms with van der Waals surface area (Å²) in [5.74, 6) is 1.34. The van der Waals surface area contributed by atoms with Gasteiger partial charge >= 0.3 is 0 Å². The maximum atomic E-state index is 12.9. The Kier molecular flexibility index (Phi) is 7.03. The monoisotopic (exact) mass is 408 g/mol. The minimum absolute atomic E-state index is 0.0354. The summed E-state index contributed by atoms with van der Waals surface area (Å²) in [5.41, 5.74) is 4.47. The van der Waals surface area contributed by atoms with E-state index in [1.54, 1.807) is 14.2 Å². The number of amides is 1. The predicted octanol–water partition coefficient (Wildman–Crippen LogP) is 5.18. The van der Waals surface area contributed by atoms with Crippen LogP contribution in [-0.4, -0.2) is 31.2 Å². The molecule has 0 spiro atoms. The number of aromatic nitrogens is 1. The average Bonchev–Trinajstić information content (AvgIpc) is 3.21. The summed E-state index contributed by atoms with van der Waals surface area (Å²) in [6.07, 6.45) is 4.22. The summed E-state index contributed by atoms with van der Waals surface area (Å²) < 4.78 is 11.1. The van der Waals surface area contributed by atoms with E-state index in [0.29, 0.717) is 6.42 Å². The first-order valence-electron chi connectivity index (χ1n) is 10.6. The standard InChI is InChI=1S/C25H32N2O3/c1-6-16(3)27-24(28)14-21(19-12-11-18(29-4)13-23(19)30-5)22-15-26-25-17(7-2)9-8-10-20(22)25/h8-13,15-16,21,26H,6-7,14H2,1-5H3,(H,27,28)/t16-,21-/m0/s1. The van der Waals surface area contributed by atoms with Gasteiger partial charge in [0, 0.05) is 47.1 Å². The Labute approximate surface area is 178 Å². The van der Waals surface area contributed by atoms with E-state index in [4.69, 9.17) is 9.47 Å². The number of aryl methyl sites for hydroxylation is 1. The summed E-state index contributed by atoms with van der Waals surface area (Å²) in [6.45, 7) is 6.25. The molecule has 0 aliphatic rings. The van der Waals surface area contributed by atoms with Crippen LogP contribution < -0.4 is 14.8 Å². The topological polar surface area (TPSA) is 63.4 Å². The van der Waals surface area contributed by atoms with Crippen molar-refractivity contribution in [2.45, 2.75) is 52.0 Å². The van der Waals surface area contributed by atoms with Crippen LogP contribution in [0.1, 0.15) is 56.2 Å². The molecule has 2 atom stereocenters. The number of nitrogens with one attached hydrogen (secondary N) is 2. The molecule has 0 bridgehead atoms. The van der Waals surface area contributed by atoms with E-state index < -0.39 is 0 Å². The van der Waals surface area contributed by atoms with Gasteiger partial charge in [0.05, 0.1) is 14.2 Å². The molecule has 2 N–H and O–H groups in total. The van der Waals surface area contributed by atoms with Crippen LogP contribution in [-0.2, 0) is 11.2 Å². The van der Waals surface area contributed by atoms with Crippen LogP contribution in [0.4, 0.5) is 0 Å². The van der Waals surface area contributed by atoms with Crippen LogP contribution in [0.25, 0.3) is 10.9 Å². The van der Waals surface area contributed by atoms with E-state index in [0.717, 1.165) is 46.4 Å². The molecule has 2 aromatic carbocycles. The highest BCUT2D eigenvalue weighted by molar-refractivity contribution is 5.88. The van der Waals surface area contributed by atoms with Crippen molar-refractivity contribution < 1.29 is 14.3 Å². The SMILES string of the molecule is CCc1cccc2c([C@@H](CC(=O)N[C@@H](C)CC)c3ccc(OC)cc3OC)c[nH]c12. The Morgan fingerprint density at radius 3 is 2.57 bits per heavy atom. The van der Waals surface area contributed by atoms with Crippen molar-refractivity contribution in [2.24, 2.45) is 0 Å². The Balaban J connectivity index is 2.10. The lowest BCUT2D eigenvalue weighted by Crippen LogP contribution is -2.33. The quantitative estimate of drug-likeness (QED) is 0.512. The lowest BCUT2D eigenvalue weighted by atomic mass is 9.86. The Morgan fingerprint density at radius 1 is 1.10 bits per heavy atom. The molecule has 30 heavy (non-hydrogen) atoms. The highest BCUT2D eigenvalue weighted by Gasteiger charge is 2.25. The number of fused-ring (bicyclic) bond motifs is 1. The zero-order valence-corrected chi connectivity index (χ0v) is 18.5. The molecule has 0 saturated heterocycles. The van der Waals surface area contributed by atoms with E-state index in [1.807, 2.05) is 31.3 Å². The van der Waals surface area contributed by atoms with Gasteiger partial charge in [-0.1, -0.05) is 38.1 Å². The molecule has 0 radical (unpaired) electrons. The lowest BCUT2D eigenvalue weighted by Gasteiger charge is -2.21. The first kappa shape index (κ1) is 21.8. The molecule has 0 fully saturated rings. The Morgan fingerprint density at radius 2 is 1.90 bits per heavy atom. The van der Waals surface area contributed by atoms with Crippen molar-refractivity contribution in [1.29, 1.82) is 0 Å². The Bertz CT molecular complexity index is 1010. The maximum Gasteiger partial charge on any atom is 0.221 e. The number of hydrogen-bond donors (Lipinski definition) is 2. The molecule has 160 valence electrons. The second kappa shape index (κ2) is 9.70. The first-order chi connectivity index (χ1) is 14.5. The smallest absolute Gasteiger partial charge is 0.221 e. The van der Waals surface area contributed by atoms with E-state index in [2.05, 4.69) is 42.3 Å². The highest BCUT2D eigenvalue weighted by Crippen LogP contribution is 2.40. The number of hydrogen-bond acceptors (Lipinski definition) is 3. The van der Waals surface area contributed by atoms with Crippen molar-refractivity contribution >= 4 is 16.8 Å². The number of aromatic amines is 1. The second-order valence-corrected chi connectivity index (χ2v) is 7.68.